The fraction of sp³-hybridized carbons (Fsp3) is 0.321. The minimum absolute atomic E-state index is 0.0627. The van der Waals surface area contributed by atoms with Crippen molar-refractivity contribution in [1.29, 1.82) is 0 Å². The molecule has 0 unspecified atom stereocenters. The maximum absolute atomic E-state index is 14.1. The average molecular weight is 556 g/mol. The molecule has 1 aliphatic rings. The SMILES string of the molecule is COCCOc1cc(N2CCCN(C)CC2)ccc1C(=O)Nc1ccc(F)cc1C(=O)Nc1ccc(Cl)cn1. The van der Waals surface area contributed by atoms with Crippen molar-refractivity contribution in [3.63, 3.8) is 0 Å². The fourth-order valence-corrected chi connectivity index (χ4v) is 4.30. The Morgan fingerprint density at radius 2 is 1.79 bits per heavy atom. The van der Waals surface area contributed by atoms with Crippen LogP contribution in [-0.4, -0.2) is 75.2 Å². The summed E-state index contributed by atoms with van der Waals surface area (Å²) in [4.78, 5) is 35.0. The molecule has 11 heteroatoms. The van der Waals surface area contributed by atoms with E-state index in [2.05, 4.69) is 32.5 Å². The van der Waals surface area contributed by atoms with Crippen LogP contribution in [0.2, 0.25) is 5.02 Å². The van der Waals surface area contributed by atoms with Gasteiger partial charge in [0, 0.05) is 44.7 Å². The summed E-state index contributed by atoms with van der Waals surface area (Å²) in [6, 6.07) is 12.1. The molecule has 1 fully saturated rings. The van der Waals surface area contributed by atoms with Crippen LogP contribution in [0, 0.1) is 5.82 Å². The lowest BCUT2D eigenvalue weighted by atomic mass is 10.1. The summed E-state index contributed by atoms with van der Waals surface area (Å²) in [5.41, 5.74) is 1.30. The first-order valence-electron chi connectivity index (χ1n) is 12.6. The van der Waals surface area contributed by atoms with Gasteiger partial charge in [-0.05, 0) is 62.5 Å². The predicted octanol–water partition coefficient (Wildman–Crippen LogP) is 4.55. The number of methoxy groups -OCH3 is 1. The standard InChI is InChI=1S/C28H31ClFN5O4/c1-34-10-3-11-35(13-12-34)21-6-7-22(25(17-21)39-15-14-38-2)27(36)32-24-8-5-20(30)16-23(24)28(37)33-26-9-4-19(29)18-31-26/h4-9,16-18H,3,10-15H2,1-2H3,(H,32,36)(H,31,33,37). The van der Waals surface area contributed by atoms with Crippen molar-refractivity contribution < 1.29 is 23.5 Å². The smallest absolute Gasteiger partial charge is 0.259 e. The Hall–Kier alpha value is -3.73. The number of nitrogens with one attached hydrogen (secondary N) is 2. The molecule has 0 spiro atoms. The van der Waals surface area contributed by atoms with Gasteiger partial charge < -0.3 is 29.9 Å². The Bertz CT molecular complexity index is 1310. The van der Waals surface area contributed by atoms with E-state index < -0.39 is 17.6 Å². The van der Waals surface area contributed by atoms with E-state index in [0.717, 1.165) is 44.4 Å². The number of hydrogen-bond acceptors (Lipinski definition) is 7. The molecule has 39 heavy (non-hydrogen) atoms. The Morgan fingerprint density at radius 3 is 2.56 bits per heavy atom. The van der Waals surface area contributed by atoms with E-state index in [-0.39, 0.29) is 29.2 Å². The van der Waals surface area contributed by atoms with E-state index in [1.807, 2.05) is 12.1 Å². The van der Waals surface area contributed by atoms with Gasteiger partial charge in [0.15, 0.2) is 0 Å². The quantitative estimate of drug-likeness (QED) is 0.374. The molecular formula is C28H31ClFN5O4. The van der Waals surface area contributed by atoms with Gasteiger partial charge in [-0.2, -0.15) is 0 Å². The van der Waals surface area contributed by atoms with Crippen molar-refractivity contribution in [2.75, 3.05) is 69.1 Å². The summed E-state index contributed by atoms with van der Waals surface area (Å²) in [6.07, 6.45) is 2.41. The third-order valence-electron chi connectivity index (χ3n) is 6.28. The van der Waals surface area contributed by atoms with Crippen molar-refractivity contribution in [1.82, 2.24) is 9.88 Å². The summed E-state index contributed by atoms with van der Waals surface area (Å²) in [5, 5.41) is 5.73. The van der Waals surface area contributed by atoms with Crippen LogP contribution in [0.5, 0.6) is 5.75 Å². The molecule has 2 aromatic carbocycles. The van der Waals surface area contributed by atoms with E-state index in [4.69, 9.17) is 21.1 Å². The number of amides is 2. The molecule has 2 amide bonds. The number of rotatable bonds is 9. The molecule has 0 saturated carbocycles. The van der Waals surface area contributed by atoms with E-state index in [1.165, 1.54) is 24.4 Å². The van der Waals surface area contributed by atoms with Gasteiger partial charge in [0.05, 0.1) is 28.4 Å². The minimum atomic E-state index is -0.641. The summed E-state index contributed by atoms with van der Waals surface area (Å²) >= 11 is 5.85. The normalized spacial score (nSPS) is 14.0. The fourth-order valence-electron chi connectivity index (χ4n) is 4.19. The molecule has 1 saturated heterocycles. The molecule has 4 rings (SSSR count). The monoisotopic (exact) mass is 555 g/mol. The van der Waals surface area contributed by atoms with Gasteiger partial charge in [-0.1, -0.05) is 11.6 Å². The predicted molar refractivity (Wildman–Crippen MR) is 150 cm³/mol. The number of carbonyl (C=O) groups excluding carboxylic acids is 2. The second kappa shape index (κ2) is 13.4. The lowest BCUT2D eigenvalue weighted by Crippen LogP contribution is -2.28. The van der Waals surface area contributed by atoms with Crippen LogP contribution in [0.15, 0.2) is 54.7 Å². The molecule has 206 valence electrons. The number of carbonyl (C=O) groups is 2. The first-order chi connectivity index (χ1) is 18.8. The molecule has 2 N–H and O–H groups in total. The van der Waals surface area contributed by atoms with Gasteiger partial charge in [-0.15, -0.1) is 0 Å². The van der Waals surface area contributed by atoms with Crippen LogP contribution in [0.3, 0.4) is 0 Å². The minimum Gasteiger partial charge on any atom is -0.490 e. The highest BCUT2D eigenvalue weighted by Crippen LogP contribution is 2.29. The van der Waals surface area contributed by atoms with Crippen LogP contribution in [0.25, 0.3) is 0 Å². The molecule has 2 heterocycles. The van der Waals surface area contributed by atoms with Gasteiger partial charge in [0.1, 0.15) is 24.0 Å². The highest BCUT2D eigenvalue weighted by Gasteiger charge is 2.21. The first kappa shape index (κ1) is 28.3. The summed E-state index contributed by atoms with van der Waals surface area (Å²) in [6.45, 7) is 4.31. The number of likely N-dealkylation sites (N-methyl/N-ethyl adjacent to an activating group) is 1. The van der Waals surface area contributed by atoms with Gasteiger partial charge >= 0.3 is 0 Å². The molecule has 0 atom stereocenters. The number of benzene rings is 2. The van der Waals surface area contributed by atoms with E-state index >= 15 is 0 Å². The Kier molecular flexibility index (Phi) is 9.69. The third kappa shape index (κ3) is 7.66. The number of hydrogen-bond donors (Lipinski definition) is 2. The van der Waals surface area contributed by atoms with Gasteiger partial charge in [0.25, 0.3) is 11.8 Å². The summed E-state index contributed by atoms with van der Waals surface area (Å²) in [5.74, 6) is -1.15. The summed E-state index contributed by atoms with van der Waals surface area (Å²) in [7, 11) is 3.67. The van der Waals surface area contributed by atoms with Gasteiger partial charge in [-0.25, -0.2) is 9.37 Å². The molecular weight excluding hydrogens is 525 g/mol. The van der Waals surface area contributed by atoms with Crippen molar-refractivity contribution in [2.45, 2.75) is 6.42 Å². The zero-order chi connectivity index (χ0) is 27.8. The van der Waals surface area contributed by atoms with Crippen molar-refractivity contribution in [2.24, 2.45) is 0 Å². The van der Waals surface area contributed by atoms with Crippen molar-refractivity contribution >= 4 is 40.6 Å². The van der Waals surface area contributed by atoms with Crippen LogP contribution >= 0.6 is 11.6 Å². The van der Waals surface area contributed by atoms with Gasteiger partial charge in [0.2, 0.25) is 0 Å². The van der Waals surface area contributed by atoms with E-state index in [9.17, 15) is 14.0 Å². The lowest BCUT2D eigenvalue weighted by Gasteiger charge is -2.24. The molecule has 1 aromatic heterocycles. The van der Waals surface area contributed by atoms with Crippen LogP contribution in [0.1, 0.15) is 27.1 Å². The number of pyridine rings is 1. The topological polar surface area (TPSA) is 96.0 Å². The molecule has 3 aromatic rings. The number of anilines is 3. The second-order valence-electron chi connectivity index (χ2n) is 9.13. The Labute approximate surface area is 231 Å². The largest absolute Gasteiger partial charge is 0.490 e. The van der Waals surface area contributed by atoms with E-state index in [0.29, 0.717) is 17.4 Å². The summed E-state index contributed by atoms with van der Waals surface area (Å²) < 4.78 is 25.1. The van der Waals surface area contributed by atoms with Gasteiger partial charge in [-0.3, -0.25) is 9.59 Å². The lowest BCUT2D eigenvalue weighted by molar-refractivity contribution is 0.101. The molecule has 0 bridgehead atoms. The Balaban J connectivity index is 1.57. The average Bonchev–Trinajstić information content (AvgIpc) is 3.15. The zero-order valence-corrected chi connectivity index (χ0v) is 22.6. The molecule has 9 nitrogen and oxygen atoms in total. The second-order valence-corrected chi connectivity index (χ2v) is 9.56. The number of aromatic nitrogens is 1. The third-order valence-corrected chi connectivity index (χ3v) is 6.51. The van der Waals surface area contributed by atoms with Crippen LogP contribution in [-0.2, 0) is 4.74 Å². The maximum Gasteiger partial charge on any atom is 0.259 e. The van der Waals surface area contributed by atoms with Crippen molar-refractivity contribution in [3.05, 3.63) is 76.7 Å². The highest BCUT2D eigenvalue weighted by molar-refractivity contribution is 6.30. The van der Waals surface area contributed by atoms with Crippen LogP contribution in [0.4, 0.5) is 21.6 Å². The van der Waals surface area contributed by atoms with Crippen molar-refractivity contribution in [3.8, 4) is 5.75 Å². The number of ether oxygens (including phenoxy) is 2. The zero-order valence-electron chi connectivity index (χ0n) is 21.9. The molecule has 0 radical (unpaired) electrons. The van der Waals surface area contributed by atoms with Crippen LogP contribution < -0.4 is 20.3 Å². The van der Waals surface area contributed by atoms with E-state index in [1.54, 1.807) is 19.2 Å². The Morgan fingerprint density at radius 1 is 0.974 bits per heavy atom. The first-order valence-corrected chi connectivity index (χ1v) is 12.9. The number of halogens is 2. The maximum atomic E-state index is 14.1. The molecule has 0 aliphatic carbocycles. The molecule has 1 aliphatic heterocycles. The number of nitrogens with zero attached hydrogens (tertiary/aromatic N) is 3. The highest BCUT2D eigenvalue weighted by atomic mass is 35.5.